The zero-order valence-electron chi connectivity index (χ0n) is 12.2. The molecule has 3 rings (SSSR count). The Hall–Kier alpha value is -2.09. The summed E-state index contributed by atoms with van der Waals surface area (Å²) in [5.74, 6) is -1.19. The molecule has 3 aromatic rings. The summed E-state index contributed by atoms with van der Waals surface area (Å²) < 4.78 is 1.89. The minimum atomic E-state index is -1.14. The number of carboxylic acids is 1. The number of anilines is 1. The summed E-state index contributed by atoms with van der Waals surface area (Å²) in [5, 5.41) is 11.8. The maximum Gasteiger partial charge on any atom is 0.337 e. The van der Waals surface area contributed by atoms with Gasteiger partial charge < -0.3 is 10.4 Å². The van der Waals surface area contributed by atoms with Gasteiger partial charge in [0, 0.05) is 5.69 Å². The Kier molecular flexibility index (Phi) is 5.03. The molecule has 0 saturated heterocycles. The SMILES string of the molecule is O=C(CSc1nc2ccccc2s1)Nc1ccc(Cl)c(C(=O)O)c1. The highest BCUT2D eigenvalue weighted by Gasteiger charge is 2.12. The number of amides is 1. The number of benzene rings is 2. The third-order valence-electron chi connectivity index (χ3n) is 3.08. The van der Waals surface area contributed by atoms with Gasteiger partial charge in [-0.05, 0) is 30.3 Å². The molecule has 0 aliphatic carbocycles. The van der Waals surface area contributed by atoms with E-state index in [0.717, 1.165) is 14.6 Å². The lowest BCUT2D eigenvalue weighted by Crippen LogP contribution is -2.14. The lowest BCUT2D eigenvalue weighted by Gasteiger charge is -2.06. The van der Waals surface area contributed by atoms with Gasteiger partial charge in [0.05, 0.1) is 26.6 Å². The standard InChI is InChI=1S/C16H11ClN2O3S2/c17-11-6-5-9(7-10(11)15(21)22)18-14(20)8-23-16-19-12-3-1-2-4-13(12)24-16/h1-7H,8H2,(H,18,20)(H,21,22). The highest BCUT2D eigenvalue weighted by molar-refractivity contribution is 8.01. The number of hydrogen-bond donors (Lipinski definition) is 2. The van der Waals surface area contributed by atoms with E-state index in [4.69, 9.17) is 16.7 Å². The third-order valence-corrected chi connectivity index (χ3v) is 5.59. The first-order valence-corrected chi connectivity index (χ1v) is 9.02. The van der Waals surface area contributed by atoms with Gasteiger partial charge in [0.2, 0.25) is 5.91 Å². The molecule has 122 valence electrons. The van der Waals surface area contributed by atoms with E-state index >= 15 is 0 Å². The third kappa shape index (κ3) is 3.87. The van der Waals surface area contributed by atoms with Gasteiger partial charge in [0.15, 0.2) is 4.34 Å². The van der Waals surface area contributed by atoms with Crippen molar-refractivity contribution in [2.45, 2.75) is 4.34 Å². The van der Waals surface area contributed by atoms with Crippen molar-refractivity contribution in [3.8, 4) is 0 Å². The Bertz CT molecular complexity index is 894. The van der Waals surface area contributed by atoms with Crippen molar-refractivity contribution in [2.75, 3.05) is 11.1 Å². The first-order valence-electron chi connectivity index (χ1n) is 6.84. The van der Waals surface area contributed by atoms with Crippen LogP contribution in [0.25, 0.3) is 10.2 Å². The second-order valence-electron chi connectivity index (χ2n) is 4.78. The fourth-order valence-corrected chi connectivity index (χ4v) is 4.07. The molecule has 1 amide bonds. The number of thioether (sulfide) groups is 1. The summed E-state index contributed by atoms with van der Waals surface area (Å²) in [6.07, 6.45) is 0. The van der Waals surface area contributed by atoms with Crippen LogP contribution in [0, 0.1) is 0 Å². The van der Waals surface area contributed by atoms with Crippen molar-refractivity contribution in [3.63, 3.8) is 0 Å². The molecule has 2 N–H and O–H groups in total. The summed E-state index contributed by atoms with van der Waals surface area (Å²) in [6.45, 7) is 0. The van der Waals surface area contributed by atoms with Crippen molar-refractivity contribution in [1.82, 2.24) is 4.98 Å². The first-order chi connectivity index (χ1) is 11.5. The van der Waals surface area contributed by atoms with Crippen LogP contribution in [-0.2, 0) is 4.79 Å². The zero-order chi connectivity index (χ0) is 17.1. The fraction of sp³-hybridized carbons (Fsp3) is 0.0625. The van der Waals surface area contributed by atoms with E-state index in [1.807, 2.05) is 24.3 Å². The number of aromatic nitrogens is 1. The Morgan fingerprint density at radius 2 is 2.04 bits per heavy atom. The molecular weight excluding hydrogens is 368 g/mol. The molecule has 1 heterocycles. The van der Waals surface area contributed by atoms with Gasteiger partial charge in [0.1, 0.15) is 0 Å². The second-order valence-corrected chi connectivity index (χ2v) is 7.44. The van der Waals surface area contributed by atoms with E-state index < -0.39 is 5.97 Å². The number of nitrogens with zero attached hydrogens (tertiary/aromatic N) is 1. The predicted octanol–water partition coefficient (Wildman–Crippen LogP) is 4.38. The number of carboxylic acid groups (broad SMARTS) is 1. The highest BCUT2D eigenvalue weighted by atomic mass is 35.5. The van der Waals surface area contributed by atoms with Gasteiger partial charge in [-0.25, -0.2) is 9.78 Å². The van der Waals surface area contributed by atoms with Gasteiger partial charge in [-0.2, -0.15) is 0 Å². The normalized spacial score (nSPS) is 10.7. The molecule has 0 spiro atoms. The number of fused-ring (bicyclic) bond motifs is 1. The van der Waals surface area contributed by atoms with Crippen LogP contribution in [0.2, 0.25) is 5.02 Å². The molecule has 0 atom stereocenters. The Balaban J connectivity index is 1.63. The molecule has 0 unspecified atom stereocenters. The number of thiazole rings is 1. The monoisotopic (exact) mass is 378 g/mol. The highest BCUT2D eigenvalue weighted by Crippen LogP contribution is 2.29. The van der Waals surface area contributed by atoms with Gasteiger partial charge in [-0.15, -0.1) is 11.3 Å². The topological polar surface area (TPSA) is 79.3 Å². The lowest BCUT2D eigenvalue weighted by atomic mass is 10.2. The molecule has 0 bridgehead atoms. The van der Waals surface area contributed by atoms with E-state index in [9.17, 15) is 9.59 Å². The second kappa shape index (κ2) is 7.21. The van der Waals surface area contributed by atoms with Crippen LogP contribution < -0.4 is 5.32 Å². The Morgan fingerprint density at radius 3 is 2.79 bits per heavy atom. The maximum absolute atomic E-state index is 12.0. The minimum Gasteiger partial charge on any atom is -0.478 e. The summed E-state index contributed by atoms with van der Waals surface area (Å²) in [7, 11) is 0. The molecule has 0 saturated carbocycles. The van der Waals surface area contributed by atoms with E-state index in [2.05, 4.69) is 10.3 Å². The van der Waals surface area contributed by atoms with Crippen molar-refractivity contribution in [3.05, 3.63) is 53.1 Å². The van der Waals surface area contributed by atoms with E-state index in [0.29, 0.717) is 5.69 Å². The average molecular weight is 379 g/mol. The molecule has 0 radical (unpaired) electrons. The Morgan fingerprint density at radius 1 is 1.25 bits per heavy atom. The molecule has 0 aliphatic rings. The fourth-order valence-electron chi connectivity index (χ4n) is 2.00. The number of hydrogen-bond acceptors (Lipinski definition) is 5. The first kappa shape index (κ1) is 16.8. The summed E-state index contributed by atoms with van der Waals surface area (Å²) in [4.78, 5) is 27.5. The van der Waals surface area contributed by atoms with Gasteiger partial charge in [0.25, 0.3) is 0 Å². The van der Waals surface area contributed by atoms with Gasteiger partial charge >= 0.3 is 5.97 Å². The molecule has 1 aromatic heterocycles. The molecular formula is C16H11ClN2O3S2. The average Bonchev–Trinajstić information content (AvgIpc) is 2.97. The molecule has 24 heavy (non-hydrogen) atoms. The summed E-state index contributed by atoms with van der Waals surface area (Å²) in [5.41, 5.74) is 1.26. The number of nitrogens with one attached hydrogen (secondary N) is 1. The van der Waals surface area contributed by atoms with Crippen LogP contribution in [0.4, 0.5) is 5.69 Å². The van der Waals surface area contributed by atoms with Crippen LogP contribution in [0.5, 0.6) is 0 Å². The van der Waals surface area contributed by atoms with Crippen molar-refractivity contribution in [2.24, 2.45) is 0 Å². The van der Waals surface area contributed by atoms with Crippen LogP contribution >= 0.6 is 34.7 Å². The lowest BCUT2D eigenvalue weighted by molar-refractivity contribution is -0.113. The number of carbonyl (C=O) groups excluding carboxylic acids is 1. The zero-order valence-corrected chi connectivity index (χ0v) is 14.5. The smallest absolute Gasteiger partial charge is 0.337 e. The van der Waals surface area contributed by atoms with Crippen molar-refractivity contribution < 1.29 is 14.7 Å². The number of para-hydroxylation sites is 1. The van der Waals surface area contributed by atoms with Crippen LogP contribution in [0.3, 0.4) is 0 Å². The number of aromatic carboxylic acids is 1. The predicted molar refractivity (Wildman–Crippen MR) is 97.4 cm³/mol. The van der Waals surface area contributed by atoms with Crippen LogP contribution in [-0.4, -0.2) is 27.7 Å². The van der Waals surface area contributed by atoms with Crippen LogP contribution in [0.15, 0.2) is 46.8 Å². The molecule has 5 nitrogen and oxygen atoms in total. The largest absolute Gasteiger partial charge is 0.478 e. The summed E-state index contributed by atoms with van der Waals surface area (Å²) in [6, 6.07) is 12.1. The van der Waals surface area contributed by atoms with E-state index in [-0.39, 0.29) is 22.2 Å². The van der Waals surface area contributed by atoms with Gasteiger partial charge in [-0.3, -0.25) is 4.79 Å². The number of halogens is 1. The molecule has 2 aromatic carbocycles. The number of carbonyl (C=O) groups is 2. The van der Waals surface area contributed by atoms with Crippen molar-refractivity contribution in [1.29, 1.82) is 0 Å². The maximum atomic E-state index is 12.0. The quantitative estimate of drug-likeness (QED) is 0.644. The number of rotatable bonds is 5. The summed E-state index contributed by atoms with van der Waals surface area (Å²) >= 11 is 8.67. The molecule has 0 fully saturated rings. The van der Waals surface area contributed by atoms with E-state index in [1.165, 1.54) is 35.2 Å². The molecule has 0 aliphatic heterocycles. The van der Waals surface area contributed by atoms with Crippen molar-refractivity contribution >= 4 is 62.5 Å². The molecule has 8 heteroatoms. The van der Waals surface area contributed by atoms with Gasteiger partial charge in [-0.1, -0.05) is 35.5 Å². The Labute approximate surface area is 150 Å². The van der Waals surface area contributed by atoms with E-state index in [1.54, 1.807) is 6.07 Å². The minimum absolute atomic E-state index is 0.0479. The van der Waals surface area contributed by atoms with Crippen LogP contribution in [0.1, 0.15) is 10.4 Å².